The van der Waals surface area contributed by atoms with E-state index in [-0.39, 0.29) is 43.3 Å². The van der Waals surface area contributed by atoms with E-state index in [0.717, 1.165) is 185 Å². The first-order valence-electron chi connectivity index (χ1n) is 53.1. The Bertz CT molecular complexity index is 6810. The van der Waals surface area contributed by atoms with Crippen LogP contribution in [0.2, 0.25) is 0 Å². The highest BCUT2D eigenvalue weighted by molar-refractivity contribution is 7.00. The third-order valence-corrected chi connectivity index (χ3v) is 26.8. The van der Waals surface area contributed by atoms with Gasteiger partial charge >= 0.3 is 0 Å². The molecule has 0 bridgehead atoms. The molecule has 137 heavy (non-hydrogen) atoms. The molecule has 0 fully saturated rings. The quantitative estimate of drug-likeness (QED) is 0.0796. The van der Waals surface area contributed by atoms with Crippen LogP contribution >= 0.6 is 0 Å². The molecule has 0 saturated heterocycles. The van der Waals surface area contributed by atoms with Crippen LogP contribution in [-0.4, -0.2) is 15.8 Å². The maximum absolute atomic E-state index is 10.9. The number of nitrogens with zero attached hydrogens (tertiary/aromatic N) is 4. The smallest absolute Gasteiger partial charge is 0.252 e. The zero-order valence-corrected chi connectivity index (χ0v) is 89.6. The van der Waals surface area contributed by atoms with Gasteiger partial charge in [-0.25, -0.2) is 0 Å². The van der Waals surface area contributed by atoms with E-state index in [1.807, 2.05) is 0 Å². The Labute approximate surface area is 831 Å². The topological polar surface area (TPSA) is 16.3 Å². The molecule has 0 aliphatic carbocycles. The summed E-state index contributed by atoms with van der Waals surface area (Å²) in [4.78, 5) is 5.35. The van der Waals surface area contributed by atoms with E-state index >= 15 is 0 Å². The minimum Gasteiger partial charge on any atom is -0.311 e. The Kier molecular flexibility index (Phi) is 23.7. The van der Waals surface area contributed by atoms with Crippen LogP contribution in [0.5, 0.6) is 0 Å². The highest BCUT2D eigenvalue weighted by atomic mass is 15.2. The van der Waals surface area contributed by atoms with Crippen LogP contribution in [0.4, 0.5) is 34.1 Å². The van der Waals surface area contributed by atoms with Gasteiger partial charge in [-0.3, -0.25) is 0 Å². The summed E-state index contributed by atoms with van der Waals surface area (Å²) in [6, 6.07) is 95.3. The summed E-state index contributed by atoms with van der Waals surface area (Å²) in [5, 5.41) is 4.95. The van der Waals surface area contributed by atoms with Gasteiger partial charge in [0.05, 0.1) is 33.4 Å². The summed E-state index contributed by atoms with van der Waals surface area (Å²) in [7, 11) is 0. The normalized spacial score (nSPS) is 14.5. The molecular formula is C132H159BN4. The molecule has 2 aliphatic heterocycles. The van der Waals surface area contributed by atoms with Gasteiger partial charge in [-0.1, -0.05) is 362 Å². The Morgan fingerprint density at radius 3 is 0.730 bits per heavy atom. The fourth-order valence-corrected chi connectivity index (χ4v) is 22.2. The molecule has 0 spiro atoms. The molecule has 13 aromatic carbocycles. The summed E-state index contributed by atoms with van der Waals surface area (Å²) in [6.45, 7) is 75.3. The Morgan fingerprint density at radius 2 is 0.482 bits per heavy atom. The summed E-state index contributed by atoms with van der Waals surface area (Å²) < 4.78 is 48.9. The summed E-state index contributed by atoms with van der Waals surface area (Å²) in [5.41, 5.74) is 33.9. The van der Waals surface area contributed by atoms with E-state index < -0.39 is 35.7 Å². The van der Waals surface area contributed by atoms with Crippen LogP contribution in [-0.2, 0) is 69.5 Å². The molecule has 0 saturated carbocycles. The van der Waals surface area contributed by atoms with Gasteiger partial charge in [0.15, 0.2) is 0 Å². The minimum absolute atomic E-state index is 0.0406. The molecule has 0 N–H and O–H groups in total. The fourth-order valence-electron chi connectivity index (χ4n) is 22.2. The zero-order chi connectivity index (χ0) is 102. The van der Waals surface area contributed by atoms with Gasteiger partial charge in [0.1, 0.15) is 0 Å². The number of anilines is 6. The molecule has 0 unspecified atom stereocenters. The van der Waals surface area contributed by atoms with Crippen molar-refractivity contribution in [2.24, 2.45) is 54.1 Å². The molecule has 17 rings (SSSR count). The average Bonchev–Trinajstić information content (AvgIpc) is 1.34. The molecule has 0 radical (unpaired) electrons. The van der Waals surface area contributed by atoms with Gasteiger partial charge in [-0.2, -0.15) is 0 Å². The van der Waals surface area contributed by atoms with Gasteiger partial charge in [0, 0.05) is 72.3 Å². The van der Waals surface area contributed by atoms with Crippen molar-refractivity contribution in [1.82, 2.24) is 9.13 Å². The molecule has 2 aliphatic rings. The lowest BCUT2D eigenvalue weighted by atomic mass is 9.33. The first kappa shape index (κ1) is 92.5. The lowest BCUT2D eigenvalue weighted by Crippen LogP contribution is -2.61. The highest BCUT2D eigenvalue weighted by Crippen LogP contribution is 2.55. The van der Waals surface area contributed by atoms with Crippen LogP contribution in [0.15, 0.2) is 243 Å². The number of aromatic nitrogens is 2. The van der Waals surface area contributed by atoms with E-state index in [9.17, 15) is 5.48 Å². The SMILES string of the molecule is [2H]C([2H])(c1cc(-c2cccc(CC(C)(C)C)c2)c(N2c3cc(-n4c5ccc(CC(C)(C)C)cc5c5cc(CC(C)(C)C)ccc54)ccc3B3c4ccc(-n5c6ccc(CC(C)(C)C)cc6c6cc(CC(C)(C)C)ccc65)cc4N(c4cc(-c5cccc(CC(C)(C)C)c5)c(C([2H])([2H])C(C)(C)C)cc4-c4cccc(CC(C)(C)C)c4)c4cc(C(C)(C)C)cc2c43)cc1-c1cccc(CC(C)(C)C)c1)C(C)(C)C. The Morgan fingerprint density at radius 1 is 0.226 bits per heavy atom. The summed E-state index contributed by atoms with van der Waals surface area (Å²) in [6.07, 6.45) is 3.30. The number of benzene rings is 13. The van der Waals surface area contributed by atoms with E-state index in [0.29, 0.717) is 11.1 Å². The third-order valence-electron chi connectivity index (χ3n) is 26.8. The van der Waals surface area contributed by atoms with Crippen molar-refractivity contribution in [2.75, 3.05) is 9.80 Å². The van der Waals surface area contributed by atoms with Crippen molar-refractivity contribution < 1.29 is 5.48 Å². The van der Waals surface area contributed by atoms with Crippen molar-refractivity contribution in [3.63, 3.8) is 0 Å². The van der Waals surface area contributed by atoms with Crippen LogP contribution in [0.1, 0.15) is 295 Å². The Hall–Kier alpha value is -10.9. The molecule has 4 heterocycles. The number of rotatable bonds is 18. The molecule has 15 aromatic rings. The van der Waals surface area contributed by atoms with E-state index in [1.165, 1.54) is 66.1 Å². The second-order valence-electron chi connectivity index (χ2n) is 54.1. The monoisotopic (exact) mass is 1820 g/mol. The maximum atomic E-state index is 10.9. The van der Waals surface area contributed by atoms with E-state index in [2.05, 4.69) is 490 Å². The van der Waals surface area contributed by atoms with Gasteiger partial charge in [0.25, 0.3) is 6.71 Å². The standard InChI is InChI=1S/C132H159BN4/c1-122(2,3)74-84-38-34-42-92(58-84)101-72-115(103(66-96(101)82-130(25,26)27)94-44-36-40-86(60-94)76-124(7,8)9)136-117-70-99(134-111-54-46-88(78-126(13,14)15)62-105(111)106-63-89(47-55-112(106)134)79-127(16,17)18)50-52-109(117)133-110-53-51-100(135-113-56-48-90(80-128(19,20)21)64-107(113)108-65-91(49-57-114(108)135)81-129(22,23)24)71-118(110)137(120-69-98(132(31,32)33)68-119(136)121(120)133)116-73-102(93-43-35-39-85(59-93)75-123(4,5)6)97(83-131(28,29)30)67-104(116)95-45-37-41-87(61-95)77-125(10,11)12/h34-73H,74-83H2,1-33H3/i82D2,83D2. The van der Waals surface area contributed by atoms with Crippen molar-refractivity contribution >= 4 is 101 Å². The van der Waals surface area contributed by atoms with E-state index in [1.54, 1.807) is 0 Å². The van der Waals surface area contributed by atoms with Crippen LogP contribution in [0.25, 0.3) is 99.5 Å². The number of fused-ring (bicyclic) bond motifs is 10. The van der Waals surface area contributed by atoms with Crippen LogP contribution < -0.4 is 26.2 Å². The van der Waals surface area contributed by atoms with E-state index in [4.69, 9.17) is 0 Å². The minimum atomic E-state index is -1.87. The molecule has 2 aromatic heterocycles. The van der Waals surface area contributed by atoms with Crippen molar-refractivity contribution in [3.8, 4) is 55.9 Å². The average molecular weight is 1820 g/mol. The largest absolute Gasteiger partial charge is 0.311 e. The molecular weight excluding hydrogens is 1650 g/mol. The van der Waals surface area contributed by atoms with Gasteiger partial charge < -0.3 is 18.9 Å². The van der Waals surface area contributed by atoms with Crippen LogP contribution in [0.3, 0.4) is 0 Å². The lowest BCUT2D eigenvalue weighted by Gasteiger charge is -2.46. The van der Waals surface area contributed by atoms with Gasteiger partial charge in [-0.15, -0.1) is 0 Å². The summed E-state index contributed by atoms with van der Waals surface area (Å²) >= 11 is 0. The maximum Gasteiger partial charge on any atom is 0.252 e. The molecule has 0 atom stereocenters. The van der Waals surface area contributed by atoms with Crippen LogP contribution in [0, 0.1) is 54.1 Å². The first-order valence-corrected chi connectivity index (χ1v) is 51.1. The number of hydrogen-bond donors (Lipinski definition) is 0. The number of hydrogen-bond acceptors (Lipinski definition) is 2. The predicted molar refractivity (Wildman–Crippen MR) is 601 cm³/mol. The third kappa shape index (κ3) is 21.8. The molecule has 5 heteroatoms. The van der Waals surface area contributed by atoms with Crippen molar-refractivity contribution in [1.29, 1.82) is 0 Å². The lowest BCUT2D eigenvalue weighted by molar-refractivity contribution is 0.410. The van der Waals surface area contributed by atoms with Gasteiger partial charge in [0.2, 0.25) is 0 Å². The molecule has 4 nitrogen and oxygen atoms in total. The molecule has 0 amide bonds. The van der Waals surface area contributed by atoms with Gasteiger partial charge in [-0.05, 0) is 344 Å². The zero-order valence-electron chi connectivity index (χ0n) is 93.6. The van der Waals surface area contributed by atoms with Crippen molar-refractivity contribution in [2.45, 2.75) is 298 Å². The second-order valence-corrected chi connectivity index (χ2v) is 54.1. The molecule has 710 valence electrons. The fraction of sp³-hybridized carbons (Fsp3) is 0.409. The first-order chi connectivity index (χ1) is 65.2. The predicted octanol–water partition coefficient (Wildman–Crippen LogP) is 35.8. The highest BCUT2D eigenvalue weighted by Gasteiger charge is 2.47. The van der Waals surface area contributed by atoms with Crippen molar-refractivity contribution in [3.05, 3.63) is 304 Å². The Balaban J connectivity index is 1.09. The second kappa shape index (κ2) is 35.2. The summed E-state index contributed by atoms with van der Waals surface area (Å²) in [5.74, 6) is 0.